The molecule has 12 heteroatoms. The van der Waals surface area contributed by atoms with Gasteiger partial charge in [-0.05, 0) is 36.8 Å². The summed E-state index contributed by atoms with van der Waals surface area (Å²) < 4.78 is 38.2. The number of aromatic nitrogens is 2. The molecule has 2 aromatic carbocycles. The van der Waals surface area contributed by atoms with Gasteiger partial charge < -0.3 is 9.47 Å². The molecule has 0 fully saturated rings. The van der Waals surface area contributed by atoms with Crippen LogP contribution in [0.3, 0.4) is 0 Å². The van der Waals surface area contributed by atoms with Crippen LogP contribution in [-0.2, 0) is 21.2 Å². The van der Waals surface area contributed by atoms with Crippen LogP contribution in [0.2, 0.25) is 5.02 Å². The van der Waals surface area contributed by atoms with E-state index >= 15 is 0 Å². The number of halogens is 1. The van der Waals surface area contributed by atoms with Gasteiger partial charge in [-0.15, -0.1) is 0 Å². The second-order valence-corrected chi connectivity index (χ2v) is 9.87. The van der Waals surface area contributed by atoms with Crippen molar-refractivity contribution in [3.63, 3.8) is 0 Å². The van der Waals surface area contributed by atoms with E-state index in [0.717, 1.165) is 11.8 Å². The van der Waals surface area contributed by atoms with E-state index in [1.807, 2.05) is 31.2 Å². The molecule has 0 aliphatic carbocycles. The van der Waals surface area contributed by atoms with E-state index in [1.54, 1.807) is 24.3 Å². The number of hydrogen-bond donors (Lipinski definition) is 1. The summed E-state index contributed by atoms with van der Waals surface area (Å²) in [6.07, 6.45) is 2.33. The average Bonchev–Trinajstić information content (AvgIpc) is 3.27. The third kappa shape index (κ3) is 6.54. The lowest BCUT2D eigenvalue weighted by Crippen LogP contribution is -2.13. The van der Waals surface area contributed by atoms with Gasteiger partial charge in [0, 0.05) is 28.4 Å². The number of nitrogens with zero attached hydrogens (tertiary/aromatic N) is 3. The number of benzene rings is 2. The number of rotatable bonds is 9. The minimum Gasteiger partial charge on any atom is -0.490 e. The molecule has 9 nitrogen and oxygen atoms in total. The Morgan fingerprint density at radius 1 is 1.24 bits per heavy atom. The summed E-state index contributed by atoms with van der Waals surface area (Å²) in [5, 5.41) is 12.0. The monoisotopic (exact) mass is 518 g/mol. The van der Waals surface area contributed by atoms with Gasteiger partial charge in [-0.2, -0.15) is 14.6 Å². The quantitative estimate of drug-likeness (QED) is 0.330. The van der Waals surface area contributed by atoms with Crippen molar-refractivity contribution in [3.8, 4) is 17.6 Å². The Labute approximate surface area is 205 Å². The third-order valence-corrected chi connectivity index (χ3v) is 6.20. The lowest BCUT2D eigenvalue weighted by Gasteiger charge is -2.13. The number of nitriles is 1. The Morgan fingerprint density at radius 3 is 2.65 bits per heavy atom. The third-order valence-electron chi connectivity index (χ3n) is 4.24. The fourth-order valence-corrected chi connectivity index (χ4v) is 4.29. The van der Waals surface area contributed by atoms with Gasteiger partial charge in [0.15, 0.2) is 11.5 Å². The standard InChI is InChI=1S/C22H19ClN4O5S2/c1-3-31-19-11-14(8-9-18(19)32-13-15-6-4-5-7-17(15)23)10-16(12-24)20(28)25-21-26-22(27-33-21)34(2,29)30/h4-11H,3,13H2,1-2H3,(H,25,26,27,28). The highest BCUT2D eigenvalue weighted by Gasteiger charge is 2.18. The Bertz CT molecular complexity index is 1380. The molecule has 0 saturated heterocycles. The summed E-state index contributed by atoms with van der Waals surface area (Å²) in [7, 11) is -3.61. The summed E-state index contributed by atoms with van der Waals surface area (Å²) in [5.74, 6) is 0.155. The molecular weight excluding hydrogens is 500 g/mol. The van der Waals surface area contributed by atoms with Gasteiger partial charge >= 0.3 is 0 Å². The first-order valence-corrected chi connectivity index (χ1v) is 12.9. The molecule has 3 aromatic rings. The summed E-state index contributed by atoms with van der Waals surface area (Å²) in [5.41, 5.74) is 1.12. The van der Waals surface area contributed by atoms with Crippen molar-refractivity contribution in [2.24, 2.45) is 0 Å². The number of ether oxygens (including phenoxy) is 2. The molecule has 0 radical (unpaired) electrons. The predicted molar refractivity (Wildman–Crippen MR) is 129 cm³/mol. The first-order chi connectivity index (χ1) is 16.2. The Kier molecular flexibility index (Phi) is 8.22. The summed E-state index contributed by atoms with van der Waals surface area (Å²) in [6.45, 7) is 2.43. The molecule has 1 N–H and O–H groups in total. The van der Waals surface area contributed by atoms with Crippen LogP contribution in [-0.4, -0.2) is 36.5 Å². The van der Waals surface area contributed by atoms with Crippen LogP contribution in [0.1, 0.15) is 18.1 Å². The highest BCUT2D eigenvalue weighted by atomic mass is 35.5. The normalized spacial score (nSPS) is 11.5. The number of amides is 1. The molecule has 34 heavy (non-hydrogen) atoms. The molecule has 0 atom stereocenters. The van der Waals surface area contributed by atoms with Crippen LogP contribution >= 0.6 is 23.1 Å². The van der Waals surface area contributed by atoms with Crippen LogP contribution in [0.4, 0.5) is 5.13 Å². The molecule has 3 rings (SSSR count). The molecular formula is C22H19ClN4O5S2. The smallest absolute Gasteiger partial charge is 0.268 e. The molecule has 0 aliphatic rings. The SMILES string of the molecule is CCOc1cc(C=C(C#N)C(=O)Nc2nc(S(C)(=O)=O)ns2)ccc1OCc1ccccc1Cl. The highest BCUT2D eigenvalue weighted by Crippen LogP contribution is 2.31. The zero-order valence-electron chi connectivity index (χ0n) is 18.1. The van der Waals surface area contributed by atoms with Crippen molar-refractivity contribution in [2.45, 2.75) is 18.7 Å². The van der Waals surface area contributed by atoms with Crippen molar-refractivity contribution in [1.29, 1.82) is 5.26 Å². The second-order valence-electron chi connectivity index (χ2n) is 6.80. The molecule has 0 bridgehead atoms. The van der Waals surface area contributed by atoms with E-state index < -0.39 is 20.9 Å². The Balaban J connectivity index is 1.79. The zero-order chi connectivity index (χ0) is 24.7. The molecule has 176 valence electrons. The molecule has 0 aliphatic heterocycles. The van der Waals surface area contributed by atoms with E-state index in [9.17, 15) is 18.5 Å². The number of carbonyl (C=O) groups excluding carboxylic acids is 1. The van der Waals surface area contributed by atoms with Crippen molar-refractivity contribution in [3.05, 3.63) is 64.2 Å². The molecule has 0 spiro atoms. The maximum Gasteiger partial charge on any atom is 0.268 e. The van der Waals surface area contributed by atoms with Crippen LogP contribution in [0.15, 0.2) is 53.2 Å². The number of carbonyl (C=O) groups is 1. The van der Waals surface area contributed by atoms with E-state index in [1.165, 1.54) is 6.08 Å². The number of nitrogens with one attached hydrogen (secondary N) is 1. The lowest BCUT2D eigenvalue weighted by molar-refractivity contribution is -0.112. The minimum atomic E-state index is -3.61. The van der Waals surface area contributed by atoms with Gasteiger partial charge in [0.1, 0.15) is 18.2 Å². The van der Waals surface area contributed by atoms with Gasteiger partial charge in [-0.25, -0.2) is 8.42 Å². The predicted octanol–water partition coefficient (Wildman–Crippen LogP) is 4.12. The van der Waals surface area contributed by atoms with Gasteiger partial charge in [0.05, 0.1) is 6.61 Å². The molecule has 0 saturated carbocycles. The van der Waals surface area contributed by atoms with Gasteiger partial charge in [-0.3, -0.25) is 10.1 Å². The van der Waals surface area contributed by atoms with Gasteiger partial charge in [-0.1, -0.05) is 35.9 Å². The molecule has 1 heterocycles. The van der Waals surface area contributed by atoms with Crippen molar-refractivity contribution in [1.82, 2.24) is 9.36 Å². The van der Waals surface area contributed by atoms with Crippen molar-refractivity contribution >= 4 is 50.1 Å². The largest absolute Gasteiger partial charge is 0.490 e. The Morgan fingerprint density at radius 2 is 2.00 bits per heavy atom. The van der Waals surface area contributed by atoms with Crippen LogP contribution in [0.5, 0.6) is 11.5 Å². The number of hydrogen-bond acceptors (Lipinski definition) is 9. The van der Waals surface area contributed by atoms with Crippen molar-refractivity contribution < 1.29 is 22.7 Å². The molecule has 1 aromatic heterocycles. The fourth-order valence-electron chi connectivity index (χ4n) is 2.66. The minimum absolute atomic E-state index is 0.0371. The Hall–Kier alpha value is -3.46. The maximum atomic E-state index is 12.5. The van der Waals surface area contributed by atoms with Crippen LogP contribution in [0.25, 0.3) is 6.08 Å². The van der Waals surface area contributed by atoms with Gasteiger partial charge in [0.25, 0.3) is 11.1 Å². The summed E-state index contributed by atoms with van der Waals surface area (Å²) >= 11 is 6.88. The van der Waals surface area contributed by atoms with E-state index in [-0.39, 0.29) is 17.3 Å². The number of sulfone groups is 1. The van der Waals surface area contributed by atoms with Gasteiger partial charge in [0.2, 0.25) is 15.0 Å². The first kappa shape index (κ1) is 25.2. The van der Waals surface area contributed by atoms with E-state index in [0.29, 0.717) is 40.2 Å². The fraction of sp³-hybridized carbons (Fsp3) is 0.182. The van der Waals surface area contributed by atoms with Crippen LogP contribution < -0.4 is 14.8 Å². The number of anilines is 1. The molecule has 1 amide bonds. The van der Waals surface area contributed by atoms with E-state index in [4.69, 9.17) is 21.1 Å². The maximum absolute atomic E-state index is 12.5. The molecule has 0 unspecified atom stereocenters. The average molecular weight is 519 g/mol. The van der Waals surface area contributed by atoms with Crippen molar-refractivity contribution in [2.75, 3.05) is 18.2 Å². The first-order valence-electron chi connectivity index (χ1n) is 9.81. The van der Waals surface area contributed by atoms with E-state index in [2.05, 4.69) is 14.7 Å². The second kappa shape index (κ2) is 11.1. The summed E-state index contributed by atoms with van der Waals surface area (Å²) in [6, 6.07) is 14.1. The topological polar surface area (TPSA) is 131 Å². The van der Waals surface area contributed by atoms with Crippen LogP contribution in [0, 0.1) is 11.3 Å². The highest BCUT2D eigenvalue weighted by molar-refractivity contribution is 7.90. The lowest BCUT2D eigenvalue weighted by atomic mass is 10.1. The zero-order valence-corrected chi connectivity index (χ0v) is 20.5. The summed E-state index contributed by atoms with van der Waals surface area (Å²) in [4.78, 5) is 16.2.